The van der Waals surface area contributed by atoms with E-state index in [-0.39, 0.29) is 17.7 Å². The Morgan fingerprint density at radius 1 is 1.63 bits per heavy atom. The van der Waals surface area contributed by atoms with Crippen molar-refractivity contribution in [1.29, 1.82) is 0 Å². The summed E-state index contributed by atoms with van der Waals surface area (Å²) in [4.78, 5) is 13.4. The molecule has 1 heterocycles. The average molecular weight is 265 g/mol. The highest BCUT2D eigenvalue weighted by Crippen LogP contribution is 2.27. The molecule has 1 saturated heterocycles. The zero-order chi connectivity index (χ0) is 13.8. The fraction of sp³-hybridized carbons (Fsp3) is 0.462. The number of phenolic OH excluding ortho intramolecular Hbond substituents is 1. The van der Waals surface area contributed by atoms with E-state index in [0.717, 1.165) is 18.7 Å². The molecule has 1 unspecified atom stereocenters. The van der Waals surface area contributed by atoms with Crippen LogP contribution in [0, 0.1) is 0 Å². The lowest BCUT2D eigenvalue weighted by molar-refractivity contribution is -0.124. The number of ether oxygens (including phenoxy) is 1. The van der Waals surface area contributed by atoms with Crippen molar-refractivity contribution in [3.05, 3.63) is 23.8 Å². The van der Waals surface area contributed by atoms with Crippen LogP contribution >= 0.6 is 0 Å². The van der Waals surface area contributed by atoms with E-state index in [0.29, 0.717) is 18.8 Å². The largest absolute Gasteiger partial charge is 0.504 e. The van der Waals surface area contributed by atoms with Crippen molar-refractivity contribution in [2.24, 2.45) is 5.73 Å². The Morgan fingerprint density at radius 2 is 2.42 bits per heavy atom. The lowest BCUT2D eigenvalue weighted by Crippen LogP contribution is -2.56. The summed E-state index contributed by atoms with van der Waals surface area (Å²) in [6.45, 7) is 2.77. The minimum absolute atomic E-state index is 0.109. The summed E-state index contributed by atoms with van der Waals surface area (Å²) >= 11 is 0. The predicted molar refractivity (Wildman–Crippen MR) is 70.9 cm³/mol. The number of carbonyl (C=O) groups is 1. The number of nitrogens with one attached hydrogen (secondary N) is 1. The fourth-order valence-corrected chi connectivity index (χ4v) is 2.27. The molecule has 6 nitrogen and oxygen atoms in total. The summed E-state index contributed by atoms with van der Waals surface area (Å²) in [6, 6.07) is 4.89. The van der Waals surface area contributed by atoms with Crippen LogP contribution < -0.4 is 15.8 Å². The van der Waals surface area contributed by atoms with E-state index in [1.165, 1.54) is 7.11 Å². The molecular formula is C13H19N3O3. The Bertz CT molecular complexity index is 464. The number of phenols is 1. The van der Waals surface area contributed by atoms with Gasteiger partial charge in [-0.1, -0.05) is 6.07 Å². The Morgan fingerprint density at radius 3 is 3.11 bits per heavy atom. The number of rotatable bonds is 4. The standard InChI is InChI=1S/C13H19N3O3/c1-19-12-6-9(2-3-11(12)17)8-16-5-4-15-7-10(16)13(14)18/h2-3,6,10,15,17H,4-5,7-8H2,1H3,(H2,14,18). The third-order valence-corrected chi connectivity index (χ3v) is 3.31. The van der Waals surface area contributed by atoms with Gasteiger partial charge in [0.15, 0.2) is 11.5 Å². The van der Waals surface area contributed by atoms with Gasteiger partial charge < -0.3 is 20.9 Å². The molecular weight excluding hydrogens is 246 g/mol. The molecule has 4 N–H and O–H groups in total. The first-order valence-corrected chi connectivity index (χ1v) is 6.22. The van der Waals surface area contributed by atoms with E-state index in [4.69, 9.17) is 10.5 Å². The van der Waals surface area contributed by atoms with Crippen molar-refractivity contribution >= 4 is 5.91 Å². The quantitative estimate of drug-likeness (QED) is 0.693. The molecule has 1 aliphatic rings. The van der Waals surface area contributed by atoms with Gasteiger partial charge in [-0.2, -0.15) is 0 Å². The minimum Gasteiger partial charge on any atom is -0.504 e. The Labute approximate surface area is 112 Å². The van der Waals surface area contributed by atoms with Crippen LogP contribution in [0.4, 0.5) is 0 Å². The first-order chi connectivity index (χ1) is 9.11. The topological polar surface area (TPSA) is 87.8 Å². The van der Waals surface area contributed by atoms with Gasteiger partial charge in [-0.15, -0.1) is 0 Å². The number of nitrogens with zero attached hydrogens (tertiary/aromatic N) is 1. The first-order valence-electron chi connectivity index (χ1n) is 6.22. The number of hydrogen-bond acceptors (Lipinski definition) is 5. The van der Waals surface area contributed by atoms with Crippen LogP contribution in [-0.2, 0) is 11.3 Å². The Balaban J connectivity index is 2.12. The summed E-state index contributed by atoms with van der Waals surface area (Å²) in [7, 11) is 1.51. The van der Waals surface area contributed by atoms with Crippen LogP contribution in [0.25, 0.3) is 0 Å². The van der Waals surface area contributed by atoms with Crippen molar-refractivity contribution in [1.82, 2.24) is 10.2 Å². The molecule has 19 heavy (non-hydrogen) atoms. The third kappa shape index (κ3) is 3.15. The van der Waals surface area contributed by atoms with Crippen molar-refractivity contribution in [2.45, 2.75) is 12.6 Å². The molecule has 1 aliphatic heterocycles. The molecule has 0 saturated carbocycles. The third-order valence-electron chi connectivity index (χ3n) is 3.31. The van der Waals surface area contributed by atoms with Crippen LogP contribution in [0.1, 0.15) is 5.56 Å². The van der Waals surface area contributed by atoms with E-state index in [2.05, 4.69) is 5.32 Å². The number of primary amides is 1. The van der Waals surface area contributed by atoms with Gasteiger partial charge in [-0.3, -0.25) is 9.69 Å². The highest BCUT2D eigenvalue weighted by Gasteiger charge is 2.26. The maximum absolute atomic E-state index is 11.4. The summed E-state index contributed by atoms with van der Waals surface area (Å²) in [5.74, 6) is 0.221. The normalized spacial score (nSPS) is 20.2. The van der Waals surface area contributed by atoms with Gasteiger partial charge in [0.1, 0.15) is 6.04 Å². The molecule has 0 aliphatic carbocycles. The molecule has 6 heteroatoms. The highest BCUT2D eigenvalue weighted by molar-refractivity contribution is 5.80. The van der Waals surface area contributed by atoms with Crippen LogP contribution in [0.2, 0.25) is 0 Å². The number of hydrogen-bond donors (Lipinski definition) is 3. The van der Waals surface area contributed by atoms with E-state index in [1.54, 1.807) is 12.1 Å². The maximum atomic E-state index is 11.4. The van der Waals surface area contributed by atoms with Crippen LogP contribution in [0.15, 0.2) is 18.2 Å². The molecule has 1 aromatic carbocycles. The smallest absolute Gasteiger partial charge is 0.236 e. The van der Waals surface area contributed by atoms with E-state index < -0.39 is 0 Å². The SMILES string of the molecule is COc1cc(CN2CCNCC2C(N)=O)ccc1O. The number of amides is 1. The molecule has 1 amide bonds. The van der Waals surface area contributed by atoms with Crippen molar-refractivity contribution in [2.75, 3.05) is 26.7 Å². The van der Waals surface area contributed by atoms with Gasteiger partial charge in [0.2, 0.25) is 5.91 Å². The second-order valence-corrected chi connectivity index (χ2v) is 4.60. The number of aromatic hydroxyl groups is 1. The monoisotopic (exact) mass is 265 g/mol. The van der Waals surface area contributed by atoms with E-state index in [9.17, 15) is 9.90 Å². The molecule has 1 aromatic rings. The van der Waals surface area contributed by atoms with Gasteiger partial charge in [0.25, 0.3) is 0 Å². The van der Waals surface area contributed by atoms with Crippen molar-refractivity contribution in [3.63, 3.8) is 0 Å². The predicted octanol–water partition coefficient (Wildman–Crippen LogP) is -0.340. The number of nitrogens with two attached hydrogens (primary N) is 1. The van der Waals surface area contributed by atoms with Gasteiger partial charge in [-0.25, -0.2) is 0 Å². The zero-order valence-corrected chi connectivity index (χ0v) is 10.9. The van der Waals surface area contributed by atoms with Gasteiger partial charge >= 0.3 is 0 Å². The van der Waals surface area contributed by atoms with Gasteiger partial charge in [-0.05, 0) is 17.7 Å². The molecule has 1 atom stereocenters. The van der Waals surface area contributed by atoms with Crippen LogP contribution in [0.3, 0.4) is 0 Å². The van der Waals surface area contributed by atoms with Crippen LogP contribution in [0.5, 0.6) is 11.5 Å². The summed E-state index contributed by atoms with van der Waals surface area (Å²) < 4.78 is 5.08. The Kier molecular flexibility index (Phi) is 4.24. The van der Waals surface area contributed by atoms with Gasteiger partial charge in [0, 0.05) is 26.2 Å². The number of benzene rings is 1. The van der Waals surface area contributed by atoms with Gasteiger partial charge in [0.05, 0.1) is 7.11 Å². The molecule has 2 rings (SSSR count). The number of methoxy groups -OCH3 is 1. The molecule has 0 radical (unpaired) electrons. The van der Waals surface area contributed by atoms with E-state index >= 15 is 0 Å². The minimum atomic E-state index is -0.321. The second kappa shape index (κ2) is 5.90. The molecule has 0 aromatic heterocycles. The summed E-state index contributed by atoms with van der Waals surface area (Å²) in [5, 5.41) is 12.7. The lowest BCUT2D eigenvalue weighted by atomic mass is 10.1. The van der Waals surface area contributed by atoms with Crippen molar-refractivity contribution in [3.8, 4) is 11.5 Å². The lowest BCUT2D eigenvalue weighted by Gasteiger charge is -2.34. The Hall–Kier alpha value is -1.79. The molecule has 0 bridgehead atoms. The van der Waals surface area contributed by atoms with Crippen LogP contribution in [-0.4, -0.2) is 48.7 Å². The summed E-state index contributed by atoms with van der Waals surface area (Å²) in [6.07, 6.45) is 0. The molecule has 1 fully saturated rings. The second-order valence-electron chi connectivity index (χ2n) is 4.60. The first kappa shape index (κ1) is 13.6. The maximum Gasteiger partial charge on any atom is 0.236 e. The molecule has 0 spiro atoms. The number of carbonyl (C=O) groups excluding carboxylic acids is 1. The number of piperazine rings is 1. The summed E-state index contributed by atoms with van der Waals surface area (Å²) in [5.41, 5.74) is 6.38. The molecule has 104 valence electrons. The van der Waals surface area contributed by atoms with Crippen molar-refractivity contribution < 1.29 is 14.6 Å². The average Bonchev–Trinajstić information content (AvgIpc) is 2.41. The van der Waals surface area contributed by atoms with E-state index in [1.807, 2.05) is 11.0 Å². The fourth-order valence-electron chi connectivity index (χ4n) is 2.27. The highest BCUT2D eigenvalue weighted by atomic mass is 16.5. The zero-order valence-electron chi connectivity index (χ0n) is 10.9.